The smallest absolute Gasteiger partial charge is 0.335 e. The van der Waals surface area contributed by atoms with Gasteiger partial charge in [0, 0.05) is 0 Å². The summed E-state index contributed by atoms with van der Waals surface area (Å²) in [7, 11) is 0. The molecule has 20 heavy (non-hydrogen) atoms. The number of anilines is 1. The molecular formula is C12H14ClN3O4. The van der Waals surface area contributed by atoms with Crippen LogP contribution < -0.4 is 16.4 Å². The van der Waals surface area contributed by atoms with Crippen molar-refractivity contribution >= 4 is 35.1 Å². The molecule has 1 atom stereocenters. The lowest BCUT2D eigenvalue weighted by molar-refractivity contribution is -0.120. The minimum absolute atomic E-state index is 0.00293. The fourth-order valence-corrected chi connectivity index (χ4v) is 1.46. The maximum atomic E-state index is 11.6. The summed E-state index contributed by atoms with van der Waals surface area (Å²) in [6, 6.07) is 3.30. The first kappa shape index (κ1) is 15.9. The molecule has 1 rings (SSSR count). The van der Waals surface area contributed by atoms with Crippen LogP contribution in [0.5, 0.6) is 0 Å². The minimum Gasteiger partial charge on any atom is -0.478 e. The van der Waals surface area contributed by atoms with Crippen molar-refractivity contribution in [2.45, 2.75) is 13.0 Å². The van der Waals surface area contributed by atoms with E-state index in [0.717, 1.165) is 0 Å². The second kappa shape index (κ2) is 6.88. The molecule has 5 N–H and O–H groups in total. The number of benzene rings is 1. The Balaban J connectivity index is 2.68. The summed E-state index contributed by atoms with van der Waals surface area (Å²) in [5.41, 5.74) is 5.22. The molecular weight excluding hydrogens is 286 g/mol. The van der Waals surface area contributed by atoms with Crippen LogP contribution >= 0.6 is 11.6 Å². The van der Waals surface area contributed by atoms with E-state index >= 15 is 0 Å². The third-order valence-electron chi connectivity index (χ3n) is 2.48. The first-order valence-electron chi connectivity index (χ1n) is 5.66. The van der Waals surface area contributed by atoms with E-state index in [0.29, 0.717) is 0 Å². The molecule has 0 saturated carbocycles. The van der Waals surface area contributed by atoms with E-state index in [9.17, 15) is 14.4 Å². The second-order valence-electron chi connectivity index (χ2n) is 4.05. The molecule has 0 aliphatic heterocycles. The van der Waals surface area contributed by atoms with Crippen LogP contribution in [-0.4, -0.2) is 35.5 Å². The lowest BCUT2D eigenvalue weighted by atomic mass is 10.2. The van der Waals surface area contributed by atoms with Crippen LogP contribution in [0, 0.1) is 0 Å². The number of aromatic carboxylic acids is 1. The number of amides is 2. The fraction of sp³-hybridized carbons (Fsp3) is 0.250. The SMILES string of the molecule is CC(NCC(=O)Nc1cc(C(=O)O)ccc1Cl)C(N)=O. The molecule has 0 bridgehead atoms. The Morgan fingerprint density at radius 2 is 2.05 bits per heavy atom. The number of nitrogens with two attached hydrogens (primary N) is 1. The van der Waals surface area contributed by atoms with Gasteiger partial charge in [-0.15, -0.1) is 0 Å². The molecule has 0 aromatic heterocycles. The zero-order valence-electron chi connectivity index (χ0n) is 10.6. The maximum absolute atomic E-state index is 11.6. The van der Waals surface area contributed by atoms with Crippen molar-refractivity contribution in [1.29, 1.82) is 0 Å². The topological polar surface area (TPSA) is 122 Å². The van der Waals surface area contributed by atoms with Gasteiger partial charge in [-0.25, -0.2) is 4.79 Å². The van der Waals surface area contributed by atoms with Crippen molar-refractivity contribution in [1.82, 2.24) is 5.32 Å². The van der Waals surface area contributed by atoms with Crippen LogP contribution in [0.1, 0.15) is 17.3 Å². The highest BCUT2D eigenvalue weighted by Crippen LogP contribution is 2.22. The van der Waals surface area contributed by atoms with Gasteiger partial charge in [-0.05, 0) is 25.1 Å². The third-order valence-corrected chi connectivity index (χ3v) is 2.81. The summed E-state index contributed by atoms with van der Waals surface area (Å²) in [6.07, 6.45) is 0. The van der Waals surface area contributed by atoms with Crippen LogP contribution in [0.4, 0.5) is 5.69 Å². The molecule has 8 heteroatoms. The Morgan fingerprint density at radius 3 is 2.60 bits per heavy atom. The molecule has 0 fully saturated rings. The van der Waals surface area contributed by atoms with Crippen molar-refractivity contribution < 1.29 is 19.5 Å². The van der Waals surface area contributed by atoms with E-state index in [1.807, 2.05) is 0 Å². The quantitative estimate of drug-likeness (QED) is 0.607. The number of carbonyl (C=O) groups excluding carboxylic acids is 2. The normalized spacial score (nSPS) is 11.7. The number of rotatable bonds is 6. The van der Waals surface area contributed by atoms with Crippen molar-refractivity contribution in [3.63, 3.8) is 0 Å². The van der Waals surface area contributed by atoms with Gasteiger partial charge in [0.25, 0.3) is 0 Å². The number of primary amides is 1. The number of nitrogens with one attached hydrogen (secondary N) is 2. The molecule has 0 aliphatic rings. The number of carboxylic acid groups (broad SMARTS) is 1. The Labute approximate surface area is 120 Å². The predicted octanol–water partition coefficient (Wildman–Crippen LogP) is 0.440. The lowest BCUT2D eigenvalue weighted by Crippen LogP contribution is -2.42. The molecule has 2 amide bonds. The predicted molar refractivity (Wildman–Crippen MR) is 73.7 cm³/mol. The van der Waals surface area contributed by atoms with E-state index in [1.54, 1.807) is 0 Å². The highest BCUT2D eigenvalue weighted by molar-refractivity contribution is 6.33. The summed E-state index contributed by atoms with van der Waals surface area (Å²) in [6.45, 7) is 1.37. The van der Waals surface area contributed by atoms with Gasteiger partial charge in [0.15, 0.2) is 0 Å². The monoisotopic (exact) mass is 299 g/mol. The van der Waals surface area contributed by atoms with E-state index in [-0.39, 0.29) is 22.8 Å². The first-order valence-corrected chi connectivity index (χ1v) is 6.04. The zero-order chi connectivity index (χ0) is 15.3. The van der Waals surface area contributed by atoms with E-state index in [2.05, 4.69) is 10.6 Å². The molecule has 0 radical (unpaired) electrons. The number of hydrogen-bond donors (Lipinski definition) is 4. The summed E-state index contributed by atoms with van der Waals surface area (Å²) in [4.78, 5) is 33.2. The third kappa shape index (κ3) is 4.52. The standard InChI is InChI=1S/C12H14ClN3O4/c1-6(11(14)18)15-5-10(17)16-9-4-7(12(19)20)2-3-8(9)13/h2-4,6,15H,5H2,1H3,(H2,14,18)(H,16,17)(H,19,20). The zero-order valence-corrected chi connectivity index (χ0v) is 11.4. The average Bonchev–Trinajstić information content (AvgIpc) is 2.38. The second-order valence-corrected chi connectivity index (χ2v) is 4.46. The van der Waals surface area contributed by atoms with Crippen LogP contribution in [0.2, 0.25) is 5.02 Å². The van der Waals surface area contributed by atoms with Gasteiger partial charge in [-0.2, -0.15) is 0 Å². The Hall–Kier alpha value is -2.12. The lowest BCUT2D eigenvalue weighted by Gasteiger charge is -2.11. The maximum Gasteiger partial charge on any atom is 0.335 e. The number of hydrogen-bond acceptors (Lipinski definition) is 4. The molecule has 0 heterocycles. The molecule has 108 valence electrons. The van der Waals surface area contributed by atoms with Crippen LogP contribution in [0.25, 0.3) is 0 Å². The Kier molecular flexibility index (Phi) is 5.48. The average molecular weight is 300 g/mol. The number of halogens is 1. The summed E-state index contributed by atoms with van der Waals surface area (Å²) in [5, 5.41) is 14.1. The molecule has 0 spiro atoms. The molecule has 1 aromatic rings. The van der Waals surface area contributed by atoms with Crippen molar-refractivity contribution in [3.05, 3.63) is 28.8 Å². The van der Waals surface area contributed by atoms with E-state index in [1.165, 1.54) is 25.1 Å². The molecule has 7 nitrogen and oxygen atoms in total. The molecule has 0 aliphatic carbocycles. The molecule has 1 aromatic carbocycles. The van der Waals surface area contributed by atoms with E-state index in [4.69, 9.17) is 22.4 Å². The molecule has 0 saturated heterocycles. The van der Waals surface area contributed by atoms with Gasteiger partial charge < -0.3 is 16.2 Å². The van der Waals surface area contributed by atoms with E-state index < -0.39 is 23.8 Å². The van der Waals surface area contributed by atoms with Crippen molar-refractivity contribution in [2.75, 3.05) is 11.9 Å². The van der Waals surface area contributed by atoms with Crippen LogP contribution in [0.15, 0.2) is 18.2 Å². The van der Waals surface area contributed by atoms with Gasteiger partial charge in [0.1, 0.15) is 0 Å². The number of carbonyl (C=O) groups is 3. The molecule has 1 unspecified atom stereocenters. The minimum atomic E-state index is -1.13. The van der Waals surface area contributed by atoms with Gasteiger partial charge in [-0.3, -0.25) is 14.9 Å². The Morgan fingerprint density at radius 1 is 1.40 bits per heavy atom. The Bertz CT molecular complexity index is 548. The van der Waals surface area contributed by atoms with Gasteiger partial charge in [0.05, 0.1) is 28.9 Å². The van der Waals surface area contributed by atoms with Crippen LogP contribution in [0.3, 0.4) is 0 Å². The van der Waals surface area contributed by atoms with Gasteiger partial charge in [-0.1, -0.05) is 11.6 Å². The summed E-state index contributed by atoms with van der Waals surface area (Å²) in [5.74, 6) is -2.18. The van der Waals surface area contributed by atoms with Gasteiger partial charge in [0.2, 0.25) is 11.8 Å². The summed E-state index contributed by atoms with van der Waals surface area (Å²) < 4.78 is 0. The van der Waals surface area contributed by atoms with Gasteiger partial charge >= 0.3 is 5.97 Å². The highest BCUT2D eigenvalue weighted by atomic mass is 35.5. The summed E-state index contributed by atoms with van der Waals surface area (Å²) >= 11 is 5.86. The number of carboxylic acids is 1. The highest BCUT2D eigenvalue weighted by Gasteiger charge is 2.12. The first-order chi connectivity index (χ1) is 9.31. The van der Waals surface area contributed by atoms with Crippen molar-refractivity contribution in [2.24, 2.45) is 5.73 Å². The van der Waals surface area contributed by atoms with Crippen molar-refractivity contribution in [3.8, 4) is 0 Å². The van der Waals surface area contributed by atoms with Crippen LogP contribution in [-0.2, 0) is 9.59 Å². The largest absolute Gasteiger partial charge is 0.478 e. The fourth-order valence-electron chi connectivity index (χ4n) is 1.29.